The molecule has 0 aliphatic carbocycles. The first kappa shape index (κ1) is 21.2. The number of ether oxygens (including phenoxy) is 3. The molecule has 158 valence electrons. The lowest BCUT2D eigenvalue weighted by molar-refractivity contribution is -0.128. The molecule has 8 heteroatoms. The van der Waals surface area contributed by atoms with Crippen molar-refractivity contribution in [2.24, 2.45) is 0 Å². The molecule has 3 aromatic rings. The largest absolute Gasteiger partial charge is 0.494 e. The first-order chi connectivity index (χ1) is 14.5. The SMILES string of the molecule is CCOc1ccc(OC(C)C(=O)NNC(=O)c2oc3ccccc3c2COC)cc1. The molecule has 0 aliphatic heterocycles. The average Bonchev–Trinajstić information content (AvgIpc) is 3.12. The van der Waals surface area contributed by atoms with Crippen LogP contribution in [-0.4, -0.2) is 31.6 Å². The highest BCUT2D eigenvalue weighted by Crippen LogP contribution is 2.26. The zero-order valence-electron chi connectivity index (χ0n) is 17.1. The van der Waals surface area contributed by atoms with E-state index in [1.165, 1.54) is 7.11 Å². The molecule has 2 amide bonds. The summed E-state index contributed by atoms with van der Waals surface area (Å²) in [6.45, 7) is 4.24. The van der Waals surface area contributed by atoms with E-state index in [0.29, 0.717) is 29.3 Å². The molecule has 0 radical (unpaired) electrons. The van der Waals surface area contributed by atoms with Crippen LogP contribution in [0.3, 0.4) is 0 Å². The van der Waals surface area contributed by atoms with Gasteiger partial charge in [0.25, 0.3) is 5.91 Å². The zero-order chi connectivity index (χ0) is 21.5. The number of benzene rings is 2. The minimum absolute atomic E-state index is 0.0819. The molecule has 0 fully saturated rings. The van der Waals surface area contributed by atoms with Gasteiger partial charge in [0.05, 0.1) is 13.2 Å². The maximum atomic E-state index is 12.6. The van der Waals surface area contributed by atoms with Crippen LogP contribution in [-0.2, 0) is 16.1 Å². The fourth-order valence-electron chi connectivity index (χ4n) is 2.89. The van der Waals surface area contributed by atoms with Gasteiger partial charge in [0.2, 0.25) is 0 Å². The van der Waals surface area contributed by atoms with Crippen LogP contribution in [0, 0.1) is 0 Å². The third-order valence-corrected chi connectivity index (χ3v) is 4.31. The number of carbonyl (C=O) groups is 2. The van der Waals surface area contributed by atoms with Gasteiger partial charge < -0.3 is 18.6 Å². The Morgan fingerprint density at radius 2 is 1.73 bits per heavy atom. The Kier molecular flexibility index (Phi) is 6.92. The number of amides is 2. The van der Waals surface area contributed by atoms with Crippen LogP contribution in [0.5, 0.6) is 11.5 Å². The number of hydrogen-bond acceptors (Lipinski definition) is 6. The first-order valence-electron chi connectivity index (χ1n) is 9.52. The van der Waals surface area contributed by atoms with Gasteiger partial charge in [-0.1, -0.05) is 18.2 Å². The van der Waals surface area contributed by atoms with E-state index in [4.69, 9.17) is 18.6 Å². The second-order valence-electron chi connectivity index (χ2n) is 6.45. The molecule has 2 aromatic carbocycles. The molecule has 0 aliphatic rings. The van der Waals surface area contributed by atoms with Crippen molar-refractivity contribution in [1.29, 1.82) is 0 Å². The molecule has 1 aromatic heterocycles. The molecule has 0 bridgehead atoms. The molecule has 0 saturated carbocycles. The Morgan fingerprint density at radius 1 is 1.03 bits per heavy atom. The zero-order valence-corrected chi connectivity index (χ0v) is 17.1. The molecule has 8 nitrogen and oxygen atoms in total. The van der Waals surface area contributed by atoms with Crippen molar-refractivity contribution in [2.45, 2.75) is 26.6 Å². The van der Waals surface area contributed by atoms with Crippen LogP contribution < -0.4 is 20.3 Å². The highest BCUT2D eigenvalue weighted by molar-refractivity contribution is 5.99. The Hall–Kier alpha value is -3.52. The maximum absolute atomic E-state index is 12.6. The van der Waals surface area contributed by atoms with Crippen molar-refractivity contribution in [1.82, 2.24) is 10.9 Å². The smallest absolute Gasteiger partial charge is 0.305 e. The van der Waals surface area contributed by atoms with Crippen molar-refractivity contribution >= 4 is 22.8 Å². The Bertz CT molecular complexity index is 1010. The second-order valence-corrected chi connectivity index (χ2v) is 6.45. The van der Waals surface area contributed by atoms with Gasteiger partial charge in [0.15, 0.2) is 11.9 Å². The molecule has 1 atom stereocenters. The lowest BCUT2D eigenvalue weighted by Crippen LogP contribution is -2.47. The van der Waals surface area contributed by atoms with Crippen molar-refractivity contribution in [2.75, 3.05) is 13.7 Å². The van der Waals surface area contributed by atoms with Crippen molar-refractivity contribution in [3.8, 4) is 11.5 Å². The number of nitrogens with one attached hydrogen (secondary N) is 2. The Labute approximate surface area is 174 Å². The lowest BCUT2D eigenvalue weighted by Gasteiger charge is -2.15. The van der Waals surface area contributed by atoms with E-state index >= 15 is 0 Å². The number of hydrazine groups is 1. The predicted molar refractivity (Wildman–Crippen MR) is 110 cm³/mol. The van der Waals surface area contributed by atoms with E-state index in [0.717, 1.165) is 5.39 Å². The molecule has 3 rings (SSSR count). The molecule has 1 unspecified atom stereocenters. The molecule has 30 heavy (non-hydrogen) atoms. The van der Waals surface area contributed by atoms with Gasteiger partial charge in [-0.3, -0.25) is 20.4 Å². The molecule has 0 spiro atoms. The van der Waals surface area contributed by atoms with Gasteiger partial charge in [-0.2, -0.15) is 0 Å². The lowest BCUT2D eigenvalue weighted by atomic mass is 10.1. The van der Waals surface area contributed by atoms with Gasteiger partial charge in [0, 0.05) is 18.1 Å². The minimum atomic E-state index is -0.836. The van der Waals surface area contributed by atoms with Gasteiger partial charge >= 0.3 is 5.91 Å². The van der Waals surface area contributed by atoms with Crippen LogP contribution in [0.1, 0.15) is 30.0 Å². The highest BCUT2D eigenvalue weighted by atomic mass is 16.5. The van der Waals surface area contributed by atoms with E-state index in [9.17, 15) is 9.59 Å². The average molecular weight is 412 g/mol. The summed E-state index contributed by atoms with van der Waals surface area (Å²) in [4.78, 5) is 24.9. The standard InChI is InChI=1S/C22H24N2O6/c1-4-28-15-9-11-16(12-10-15)29-14(2)21(25)23-24-22(26)20-18(13-27-3)17-7-5-6-8-19(17)30-20/h5-12,14H,4,13H2,1-3H3,(H,23,25)(H,24,26). The van der Waals surface area contributed by atoms with Crippen molar-refractivity contribution < 1.29 is 28.2 Å². The molecular weight excluding hydrogens is 388 g/mol. The maximum Gasteiger partial charge on any atom is 0.305 e. The van der Waals surface area contributed by atoms with E-state index in [-0.39, 0.29) is 12.4 Å². The third kappa shape index (κ3) is 4.90. The highest BCUT2D eigenvalue weighted by Gasteiger charge is 2.22. The van der Waals surface area contributed by atoms with E-state index < -0.39 is 17.9 Å². The van der Waals surface area contributed by atoms with Crippen molar-refractivity contribution in [3.05, 3.63) is 59.9 Å². The van der Waals surface area contributed by atoms with Crippen LogP contribution in [0.2, 0.25) is 0 Å². The first-order valence-corrected chi connectivity index (χ1v) is 9.52. The predicted octanol–water partition coefficient (Wildman–Crippen LogP) is 3.21. The number of methoxy groups -OCH3 is 1. The molecule has 1 heterocycles. The Balaban J connectivity index is 1.60. The number of para-hydroxylation sites is 1. The molecule has 0 saturated heterocycles. The summed E-state index contributed by atoms with van der Waals surface area (Å²) in [5.41, 5.74) is 5.89. The monoisotopic (exact) mass is 412 g/mol. The number of fused-ring (bicyclic) bond motifs is 1. The summed E-state index contributed by atoms with van der Waals surface area (Å²) in [6, 6.07) is 14.2. The number of carbonyl (C=O) groups excluding carboxylic acids is 2. The van der Waals surface area contributed by atoms with Crippen LogP contribution in [0.25, 0.3) is 11.0 Å². The minimum Gasteiger partial charge on any atom is -0.494 e. The summed E-state index contributed by atoms with van der Waals surface area (Å²) in [7, 11) is 1.53. The summed E-state index contributed by atoms with van der Waals surface area (Å²) in [6.07, 6.45) is -0.836. The molecular formula is C22H24N2O6. The number of furan rings is 1. The Morgan fingerprint density at radius 3 is 2.43 bits per heavy atom. The summed E-state index contributed by atoms with van der Waals surface area (Å²) >= 11 is 0. The van der Waals surface area contributed by atoms with E-state index in [1.807, 2.05) is 25.1 Å². The van der Waals surface area contributed by atoms with Crippen LogP contribution in [0.4, 0.5) is 0 Å². The van der Waals surface area contributed by atoms with Gasteiger partial charge in [-0.25, -0.2) is 0 Å². The third-order valence-electron chi connectivity index (χ3n) is 4.31. The summed E-state index contributed by atoms with van der Waals surface area (Å²) in [5, 5.41) is 0.781. The number of rotatable bonds is 8. The van der Waals surface area contributed by atoms with E-state index in [1.54, 1.807) is 37.3 Å². The van der Waals surface area contributed by atoms with Gasteiger partial charge in [-0.05, 0) is 44.2 Å². The summed E-state index contributed by atoms with van der Waals surface area (Å²) in [5.74, 6) is 0.207. The quantitative estimate of drug-likeness (QED) is 0.551. The van der Waals surface area contributed by atoms with Crippen LogP contribution >= 0.6 is 0 Å². The second kappa shape index (κ2) is 9.80. The van der Waals surface area contributed by atoms with Crippen LogP contribution in [0.15, 0.2) is 52.9 Å². The molecule has 2 N–H and O–H groups in total. The van der Waals surface area contributed by atoms with Gasteiger partial charge in [0.1, 0.15) is 17.1 Å². The summed E-state index contributed by atoms with van der Waals surface area (Å²) < 4.78 is 21.8. The van der Waals surface area contributed by atoms with Gasteiger partial charge in [-0.15, -0.1) is 0 Å². The fraction of sp³-hybridized carbons (Fsp3) is 0.273. The van der Waals surface area contributed by atoms with Crippen molar-refractivity contribution in [3.63, 3.8) is 0 Å². The topological polar surface area (TPSA) is 99.0 Å². The number of hydrogen-bond donors (Lipinski definition) is 2. The fourth-order valence-corrected chi connectivity index (χ4v) is 2.89. The van der Waals surface area contributed by atoms with E-state index in [2.05, 4.69) is 10.9 Å². The normalized spacial score (nSPS) is 11.7.